The molecule has 0 N–H and O–H groups in total. The van der Waals surface area contributed by atoms with Crippen LogP contribution in [0.1, 0.15) is 63.5 Å². The van der Waals surface area contributed by atoms with Crippen molar-refractivity contribution in [2.75, 3.05) is 19.8 Å². The minimum absolute atomic E-state index is 0.0354. The number of benzene rings is 1. The maximum absolute atomic E-state index is 12.0. The highest BCUT2D eigenvalue weighted by Gasteiger charge is 2.53. The monoisotopic (exact) mass is 369 g/mol. The zero-order valence-electron chi connectivity index (χ0n) is 16.6. The number of ketones is 1. The van der Waals surface area contributed by atoms with Gasteiger partial charge >= 0.3 is 0 Å². The number of hydrogen-bond donors (Lipinski definition) is 0. The van der Waals surface area contributed by atoms with E-state index in [1.807, 2.05) is 0 Å². The van der Waals surface area contributed by atoms with Gasteiger partial charge in [0.25, 0.3) is 0 Å². The maximum atomic E-state index is 12.0. The van der Waals surface area contributed by atoms with Gasteiger partial charge in [0, 0.05) is 31.0 Å². The lowest BCUT2D eigenvalue weighted by molar-refractivity contribution is -0.116. The molecule has 4 nitrogen and oxygen atoms in total. The average Bonchev–Trinajstić information content (AvgIpc) is 2.94. The fourth-order valence-corrected chi connectivity index (χ4v) is 4.84. The van der Waals surface area contributed by atoms with Crippen molar-refractivity contribution < 1.29 is 14.3 Å². The highest BCUT2D eigenvalue weighted by atomic mass is 16.5. The Labute approximate surface area is 162 Å². The van der Waals surface area contributed by atoms with Crippen molar-refractivity contribution in [1.82, 2.24) is 4.90 Å². The second-order valence-electron chi connectivity index (χ2n) is 8.14. The number of carbonyl (C=O) groups is 1. The number of rotatable bonds is 8. The second-order valence-corrected chi connectivity index (χ2v) is 8.14. The van der Waals surface area contributed by atoms with Gasteiger partial charge in [-0.25, -0.2) is 0 Å². The van der Waals surface area contributed by atoms with Gasteiger partial charge in [0.1, 0.15) is 0 Å². The number of ether oxygens (including phenoxy) is 2. The van der Waals surface area contributed by atoms with E-state index in [2.05, 4.69) is 37.0 Å². The smallest absolute Gasteiger partial charge is 0.161 e. The Morgan fingerprint density at radius 1 is 1.11 bits per heavy atom. The lowest BCUT2D eigenvalue weighted by Crippen LogP contribution is -2.48. The van der Waals surface area contributed by atoms with Crippen molar-refractivity contribution in [3.8, 4) is 11.5 Å². The lowest BCUT2D eigenvalue weighted by Gasteiger charge is -2.44. The molecule has 2 aliphatic heterocycles. The van der Waals surface area contributed by atoms with Crippen LogP contribution in [0.4, 0.5) is 0 Å². The first kappa shape index (κ1) is 18.5. The van der Waals surface area contributed by atoms with Crippen LogP contribution in [0, 0.1) is 0 Å². The van der Waals surface area contributed by atoms with E-state index in [0.29, 0.717) is 12.5 Å². The Morgan fingerprint density at radius 2 is 1.81 bits per heavy atom. The molecule has 4 heteroatoms. The van der Waals surface area contributed by atoms with E-state index in [9.17, 15) is 4.79 Å². The fraction of sp³-hybridized carbons (Fsp3) is 0.609. The standard InChI is InChI=1S/C23H31NO3/c1-3-5-11-26-20-13-17-16-24-10-9-23(8-7-18(25)14-22(23)24)19(17)15-21(20)27-12-6-4-2/h7-8,13,15,22H,3-6,9-12,14,16H2,1-2H3. The van der Waals surface area contributed by atoms with Crippen LogP contribution in [0.3, 0.4) is 0 Å². The van der Waals surface area contributed by atoms with Crippen molar-refractivity contribution in [2.24, 2.45) is 0 Å². The predicted molar refractivity (Wildman–Crippen MR) is 107 cm³/mol. The van der Waals surface area contributed by atoms with E-state index >= 15 is 0 Å². The van der Waals surface area contributed by atoms with E-state index in [0.717, 1.165) is 69.9 Å². The maximum Gasteiger partial charge on any atom is 0.161 e. The molecule has 3 unspecified atom stereocenters. The summed E-state index contributed by atoms with van der Waals surface area (Å²) in [5.74, 6) is 2.01. The highest BCUT2D eigenvalue weighted by Crippen LogP contribution is 2.52. The van der Waals surface area contributed by atoms with E-state index in [-0.39, 0.29) is 11.2 Å². The second kappa shape index (κ2) is 7.67. The molecular weight excluding hydrogens is 338 g/mol. The van der Waals surface area contributed by atoms with Gasteiger partial charge in [-0.05, 0) is 48.6 Å². The van der Waals surface area contributed by atoms with E-state index in [4.69, 9.17) is 9.47 Å². The first-order valence-corrected chi connectivity index (χ1v) is 10.6. The Balaban J connectivity index is 1.71. The summed E-state index contributed by atoms with van der Waals surface area (Å²) in [6, 6.07) is 4.73. The van der Waals surface area contributed by atoms with Crippen LogP contribution in [-0.2, 0) is 16.8 Å². The Morgan fingerprint density at radius 3 is 2.52 bits per heavy atom. The molecule has 0 amide bonds. The minimum atomic E-state index is -0.0354. The molecule has 1 aromatic carbocycles. The summed E-state index contributed by atoms with van der Waals surface area (Å²) in [6.45, 7) is 7.75. The van der Waals surface area contributed by atoms with Gasteiger partial charge in [-0.3, -0.25) is 9.69 Å². The molecule has 0 aromatic heterocycles. The molecule has 1 aliphatic carbocycles. The summed E-state index contributed by atoms with van der Waals surface area (Å²) in [5, 5.41) is 0. The number of unbranched alkanes of at least 4 members (excludes halogenated alkanes) is 2. The molecule has 4 rings (SSSR count). The van der Waals surface area contributed by atoms with Crippen molar-refractivity contribution in [3.05, 3.63) is 35.4 Å². The Bertz CT molecular complexity index is 741. The highest BCUT2D eigenvalue weighted by molar-refractivity contribution is 5.92. The number of fused-ring (bicyclic) bond motifs is 1. The van der Waals surface area contributed by atoms with E-state index in [1.165, 1.54) is 11.1 Å². The van der Waals surface area contributed by atoms with Gasteiger partial charge < -0.3 is 9.47 Å². The minimum Gasteiger partial charge on any atom is -0.490 e. The van der Waals surface area contributed by atoms with Crippen LogP contribution in [0.15, 0.2) is 24.3 Å². The zero-order chi connectivity index (χ0) is 18.9. The molecule has 1 fully saturated rings. The molecule has 0 radical (unpaired) electrons. The molecule has 1 saturated heterocycles. The first-order valence-electron chi connectivity index (χ1n) is 10.6. The summed E-state index contributed by atoms with van der Waals surface area (Å²) in [6.07, 6.45) is 10.0. The summed E-state index contributed by atoms with van der Waals surface area (Å²) >= 11 is 0. The van der Waals surface area contributed by atoms with Crippen molar-refractivity contribution in [3.63, 3.8) is 0 Å². The van der Waals surface area contributed by atoms with Gasteiger partial charge in [0.05, 0.1) is 13.2 Å². The van der Waals surface area contributed by atoms with Gasteiger partial charge in [-0.1, -0.05) is 32.8 Å². The summed E-state index contributed by atoms with van der Waals surface area (Å²) in [4.78, 5) is 14.5. The third kappa shape index (κ3) is 3.29. The third-order valence-electron chi connectivity index (χ3n) is 6.36. The van der Waals surface area contributed by atoms with Crippen molar-refractivity contribution in [1.29, 1.82) is 0 Å². The summed E-state index contributed by atoms with van der Waals surface area (Å²) < 4.78 is 12.2. The Hall–Kier alpha value is -1.81. The lowest BCUT2D eigenvalue weighted by atomic mass is 9.67. The normalized spacial score (nSPS) is 28.0. The van der Waals surface area contributed by atoms with Crippen LogP contribution in [0.25, 0.3) is 0 Å². The van der Waals surface area contributed by atoms with Gasteiger partial charge in [-0.2, -0.15) is 0 Å². The van der Waals surface area contributed by atoms with Crippen molar-refractivity contribution >= 4 is 5.78 Å². The Kier molecular flexibility index (Phi) is 5.27. The molecule has 2 bridgehead atoms. The van der Waals surface area contributed by atoms with Crippen LogP contribution in [-0.4, -0.2) is 36.5 Å². The van der Waals surface area contributed by atoms with E-state index in [1.54, 1.807) is 6.08 Å². The molecule has 1 aromatic rings. The number of hydrogen-bond acceptors (Lipinski definition) is 4. The number of allylic oxidation sites excluding steroid dienone is 1. The number of nitrogens with zero attached hydrogens (tertiary/aromatic N) is 1. The summed E-state index contributed by atoms with van der Waals surface area (Å²) in [5.41, 5.74) is 2.64. The number of carbonyl (C=O) groups excluding carboxylic acids is 1. The molecule has 0 saturated carbocycles. The molecule has 3 atom stereocenters. The molecular formula is C23H31NO3. The molecule has 0 spiro atoms. The van der Waals surface area contributed by atoms with Gasteiger partial charge in [-0.15, -0.1) is 0 Å². The quantitative estimate of drug-likeness (QED) is 0.637. The van der Waals surface area contributed by atoms with Crippen LogP contribution in [0.2, 0.25) is 0 Å². The van der Waals surface area contributed by atoms with E-state index < -0.39 is 0 Å². The average molecular weight is 370 g/mol. The summed E-state index contributed by atoms with van der Waals surface area (Å²) in [7, 11) is 0. The van der Waals surface area contributed by atoms with Crippen molar-refractivity contribution in [2.45, 2.75) is 70.4 Å². The SMILES string of the molecule is CCCCOc1cc2c(cc1OCCCC)C13C=CC(=O)CC1N(CC3)C2. The largest absolute Gasteiger partial charge is 0.490 e. The molecule has 3 aliphatic rings. The fourth-order valence-electron chi connectivity index (χ4n) is 4.84. The molecule has 2 heterocycles. The zero-order valence-corrected chi connectivity index (χ0v) is 16.6. The van der Waals surface area contributed by atoms with Crippen LogP contribution < -0.4 is 9.47 Å². The van der Waals surface area contributed by atoms with Gasteiger partial charge in [0.2, 0.25) is 0 Å². The van der Waals surface area contributed by atoms with Gasteiger partial charge in [0.15, 0.2) is 17.3 Å². The third-order valence-corrected chi connectivity index (χ3v) is 6.36. The predicted octanol–water partition coefficient (Wildman–Crippen LogP) is 4.40. The topological polar surface area (TPSA) is 38.8 Å². The molecule has 27 heavy (non-hydrogen) atoms. The van der Waals surface area contributed by atoms with Crippen LogP contribution >= 0.6 is 0 Å². The van der Waals surface area contributed by atoms with Crippen LogP contribution in [0.5, 0.6) is 11.5 Å². The first-order chi connectivity index (χ1) is 13.2. The molecule has 146 valence electrons.